The van der Waals surface area contributed by atoms with E-state index >= 15 is 0 Å². The lowest BCUT2D eigenvalue weighted by Crippen LogP contribution is -2.41. The first kappa shape index (κ1) is 17.5. The fourth-order valence-electron chi connectivity index (χ4n) is 2.96. The van der Waals surface area contributed by atoms with E-state index in [2.05, 4.69) is 29.6 Å². The molecule has 1 heterocycles. The van der Waals surface area contributed by atoms with Crippen LogP contribution in [0, 0.1) is 11.8 Å². The van der Waals surface area contributed by atoms with E-state index in [1.54, 1.807) is 0 Å². The standard InChI is InChI=1S/C19H28N2O2/c1-15(2)14-20-18(22)13-19(23)21-10-8-17(9-11-21)12-16-6-4-3-5-7-16/h3-7,15,17H,8-14H2,1-2H3,(H,20,22). The number of piperidine rings is 1. The fraction of sp³-hybridized carbons (Fsp3) is 0.579. The summed E-state index contributed by atoms with van der Waals surface area (Å²) in [6.07, 6.45) is 3.11. The third-order valence-electron chi connectivity index (χ3n) is 4.35. The normalized spacial score (nSPS) is 15.7. The molecule has 23 heavy (non-hydrogen) atoms. The summed E-state index contributed by atoms with van der Waals surface area (Å²) in [4.78, 5) is 25.8. The molecule has 1 aromatic carbocycles. The Balaban J connectivity index is 1.71. The van der Waals surface area contributed by atoms with Crippen LogP contribution in [0.2, 0.25) is 0 Å². The van der Waals surface area contributed by atoms with Crippen molar-refractivity contribution in [3.63, 3.8) is 0 Å². The van der Waals surface area contributed by atoms with Crippen molar-refractivity contribution in [2.24, 2.45) is 11.8 Å². The summed E-state index contributed by atoms with van der Waals surface area (Å²) in [5.74, 6) is 0.846. The molecule has 1 saturated heterocycles. The Hall–Kier alpha value is -1.84. The Bertz CT molecular complexity index is 505. The molecule has 0 unspecified atom stereocenters. The molecule has 0 saturated carbocycles. The van der Waals surface area contributed by atoms with Crippen LogP contribution in [0.1, 0.15) is 38.7 Å². The predicted molar refractivity (Wildman–Crippen MR) is 91.9 cm³/mol. The van der Waals surface area contributed by atoms with Crippen LogP contribution in [-0.4, -0.2) is 36.3 Å². The molecule has 0 bridgehead atoms. The topological polar surface area (TPSA) is 49.4 Å². The molecular formula is C19H28N2O2. The average molecular weight is 316 g/mol. The summed E-state index contributed by atoms with van der Waals surface area (Å²) in [7, 11) is 0. The maximum atomic E-state index is 12.2. The molecule has 1 aliphatic rings. The van der Waals surface area contributed by atoms with E-state index in [1.165, 1.54) is 5.56 Å². The van der Waals surface area contributed by atoms with Crippen LogP contribution >= 0.6 is 0 Å². The number of benzene rings is 1. The van der Waals surface area contributed by atoms with Crippen molar-refractivity contribution in [1.82, 2.24) is 10.2 Å². The highest BCUT2D eigenvalue weighted by atomic mass is 16.2. The van der Waals surface area contributed by atoms with E-state index in [1.807, 2.05) is 24.8 Å². The van der Waals surface area contributed by atoms with Crippen molar-refractivity contribution in [1.29, 1.82) is 0 Å². The van der Waals surface area contributed by atoms with E-state index in [0.717, 1.165) is 32.4 Å². The molecule has 0 radical (unpaired) electrons. The summed E-state index contributed by atoms with van der Waals surface area (Å²) in [5, 5.41) is 2.81. The van der Waals surface area contributed by atoms with E-state index < -0.39 is 0 Å². The molecule has 0 aliphatic carbocycles. The first-order valence-electron chi connectivity index (χ1n) is 8.63. The van der Waals surface area contributed by atoms with Gasteiger partial charge in [0.25, 0.3) is 0 Å². The van der Waals surface area contributed by atoms with Crippen LogP contribution in [0.15, 0.2) is 30.3 Å². The molecule has 1 aliphatic heterocycles. The number of hydrogen-bond donors (Lipinski definition) is 1. The molecule has 4 heteroatoms. The number of likely N-dealkylation sites (tertiary alicyclic amines) is 1. The summed E-state index contributed by atoms with van der Waals surface area (Å²) >= 11 is 0. The number of nitrogens with zero attached hydrogens (tertiary/aromatic N) is 1. The smallest absolute Gasteiger partial charge is 0.232 e. The molecule has 2 amide bonds. The van der Waals surface area contributed by atoms with Gasteiger partial charge in [-0.25, -0.2) is 0 Å². The number of amides is 2. The quantitative estimate of drug-likeness (QED) is 0.820. The zero-order chi connectivity index (χ0) is 16.7. The van der Waals surface area contributed by atoms with Gasteiger partial charge in [-0.05, 0) is 36.7 Å². The van der Waals surface area contributed by atoms with E-state index in [4.69, 9.17) is 0 Å². The minimum absolute atomic E-state index is 0.0178. The van der Waals surface area contributed by atoms with Crippen molar-refractivity contribution < 1.29 is 9.59 Å². The van der Waals surface area contributed by atoms with Gasteiger partial charge in [0.15, 0.2) is 0 Å². The second-order valence-corrected chi connectivity index (χ2v) is 6.89. The van der Waals surface area contributed by atoms with Crippen molar-refractivity contribution in [2.75, 3.05) is 19.6 Å². The first-order valence-corrected chi connectivity index (χ1v) is 8.63. The molecule has 0 spiro atoms. The first-order chi connectivity index (χ1) is 11.0. The molecule has 1 N–H and O–H groups in total. The van der Waals surface area contributed by atoms with Crippen LogP contribution < -0.4 is 5.32 Å². The number of carbonyl (C=O) groups is 2. The maximum Gasteiger partial charge on any atom is 0.232 e. The highest BCUT2D eigenvalue weighted by Gasteiger charge is 2.24. The molecule has 126 valence electrons. The van der Waals surface area contributed by atoms with Gasteiger partial charge in [-0.1, -0.05) is 44.2 Å². The molecule has 4 nitrogen and oxygen atoms in total. The predicted octanol–water partition coefficient (Wildman–Crippen LogP) is 2.63. The van der Waals surface area contributed by atoms with Crippen molar-refractivity contribution in [2.45, 2.75) is 39.5 Å². The minimum atomic E-state index is -0.157. The number of rotatable bonds is 6. The van der Waals surface area contributed by atoms with Gasteiger partial charge in [-0.15, -0.1) is 0 Å². The highest BCUT2D eigenvalue weighted by Crippen LogP contribution is 2.22. The Morgan fingerprint density at radius 3 is 2.43 bits per heavy atom. The third-order valence-corrected chi connectivity index (χ3v) is 4.35. The van der Waals surface area contributed by atoms with Gasteiger partial charge in [0.2, 0.25) is 11.8 Å². The number of nitrogens with one attached hydrogen (secondary N) is 1. The Kier molecular flexibility index (Phi) is 6.63. The van der Waals surface area contributed by atoms with Gasteiger partial charge in [-0.2, -0.15) is 0 Å². The molecule has 2 rings (SSSR count). The second kappa shape index (κ2) is 8.70. The largest absolute Gasteiger partial charge is 0.355 e. The summed E-state index contributed by atoms with van der Waals surface area (Å²) in [5.41, 5.74) is 1.37. The lowest BCUT2D eigenvalue weighted by Gasteiger charge is -2.32. The van der Waals surface area contributed by atoms with Crippen molar-refractivity contribution in [3.05, 3.63) is 35.9 Å². The third kappa shape index (κ3) is 6.05. The monoisotopic (exact) mass is 316 g/mol. The molecule has 0 aromatic heterocycles. The van der Waals surface area contributed by atoms with Gasteiger partial charge < -0.3 is 10.2 Å². The maximum absolute atomic E-state index is 12.2. The van der Waals surface area contributed by atoms with E-state index in [-0.39, 0.29) is 18.2 Å². The van der Waals surface area contributed by atoms with E-state index in [9.17, 15) is 9.59 Å². The van der Waals surface area contributed by atoms with Gasteiger partial charge in [0.05, 0.1) is 0 Å². The van der Waals surface area contributed by atoms with Gasteiger partial charge in [0.1, 0.15) is 6.42 Å². The van der Waals surface area contributed by atoms with Crippen LogP contribution in [0.25, 0.3) is 0 Å². The second-order valence-electron chi connectivity index (χ2n) is 6.89. The molecule has 0 atom stereocenters. The SMILES string of the molecule is CC(C)CNC(=O)CC(=O)N1CCC(Cc2ccccc2)CC1. The highest BCUT2D eigenvalue weighted by molar-refractivity contribution is 5.96. The zero-order valence-corrected chi connectivity index (χ0v) is 14.3. The van der Waals surface area contributed by atoms with Crippen molar-refractivity contribution in [3.8, 4) is 0 Å². The van der Waals surface area contributed by atoms with Crippen molar-refractivity contribution >= 4 is 11.8 Å². The zero-order valence-electron chi connectivity index (χ0n) is 14.3. The Labute approximate surface area is 139 Å². The summed E-state index contributed by atoms with van der Waals surface area (Å²) < 4.78 is 0. The van der Waals surface area contributed by atoms with Crippen LogP contribution in [0.3, 0.4) is 0 Å². The van der Waals surface area contributed by atoms with Gasteiger partial charge in [-0.3, -0.25) is 9.59 Å². The Morgan fingerprint density at radius 2 is 1.83 bits per heavy atom. The average Bonchev–Trinajstić information content (AvgIpc) is 2.54. The molecular weight excluding hydrogens is 288 g/mol. The fourth-order valence-corrected chi connectivity index (χ4v) is 2.96. The lowest BCUT2D eigenvalue weighted by atomic mass is 9.90. The molecule has 1 fully saturated rings. The van der Waals surface area contributed by atoms with Gasteiger partial charge >= 0.3 is 0 Å². The minimum Gasteiger partial charge on any atom is -0.355 e. The van der Waals surface area contributed by atoms with Gasteiger partial charge in [0, 0.05) is 19.6 Å². The lowest BCUT2D eigenvalue weighted by molar-refractivity contribution is -0.137. The number of hydrogen-bond acceptors (Lipinski definition) is 2. The summed E-state index contributed by atoms with van der Waals surface area (Å²) in [6, 6.07) is 10.5. The van der Waals surface area contributed by atoms with Crippen LogP contribution in [0.4, 0.5) is 0 Å². The molecule has 1 aromatic rings. The van der Waals surface area contributed by atoms with E-state index in [0.29, 0.717) is 18.4 Å². The summed E-state index contributed by atoms with van der Waals surface area (Å²) in [6.45, 7) is 6.26. The van der Waals surface area contributed by atoms with Crippen LogP contribution in [-0.2, 0) is 16.0 Å². The van der Waals surface area contributed by atoms with Crippen LogP contribution in [0.5, 0.6) is 0 Å². The number of carbonyl (C=O) groups excluding carboxylic acids is 2. The Morgan fingerprint density at radius 1 is 1.17 bits per heavy atom.